The molecule has 0 unspecified atom stereocenters. The van der Waals surface area contributed by atoms with Crippen LogP contribution in [-0.4, -0.2) is 60.4 Å². The van der Waals surface area contributed by atoms with Gasteiger partial charge in [0.1, 0.15) is 0 Å². The van der Waals surface area contributed by atoms with Crippen molar-refractivity contribution < 1.29 is 9.53 Å². The molecule has 164 valence electrons. The maximum absolute atomic E-state index is 12.3. The number of benzene rings is 1. The summed E-state index contributed by atoms with van der Waals surface area (Å²) in [5.74, 6) is -0.192. The monoisotopic (exact) mass is 497 g/mol. The number of aromatic nitrogens is 1. The maximum Gasteiger partial charge on any atom is 0.264 e. The van der Waals surface area contributed by atoms with E-state index in [0.29, 0.717) is 25.8 Å². The van der Waals surface area contributed by atoms with Crippen molar-refractivity contribution >= 4 is 74.3 Å². The second-order valence-electron chi connectivity index (χ2n) is 6.88. The molecule has 31 heavy (non-hydrogen) atoms. The molecule has 1 aromatic heterocycles. The molecule has 0 atom stereocenters. The third-order valence-corrected chi connectivity index (χ3v) is 6.96. The second kappa shape index (κ2) is 10.8. The van der Waals surface area contributed by atoms with Gasteiger partial charge in [0.05, 0.1) is 33.7 Å². The van der Waals surface area contributed by atoms with Crippen LogP contribution in [0.1, 0.15) is 11.3 Å². The summed E-state index contributed by atoms with van der Waals surface area (Å²) in [6.45, 7) is 5.56. The van der Waals surface area contributed by atoms with Crippen LogP contribution in [0.3, 0.4) is 0 Å². The number of amides is 1. The number of amidine groups is 1. The standard InChI is InChI=1S/C20H21Cl2N5O2S2/c21-13-2-3-16(15(22)10-13)25-20-26-18(28)17(31-20)11-14-12-24-19(30-14)23-4-1-5-27-6-8-29-9-7-27/h2-3,10-12H,1,4-9H2,(H,23,24)(H,25,26,28). The molecule has 7 nitrogen and oxygen atoms in total. The Bertz CT molecular complexity index is 1010. The van der Waals surface area contributed by atoms with Gasteiger partial charge in [-0.15, -0.1) is 0 Å². The topological polar surface area (TPSA) is 78.8 Å². The van der Waals surface area contributed by atoms with Gasteiger partial charge in [0.2, 0.25) is 0 Å². The van der Waals surface area contributed by atoms with E-state index >= 15 is 0 Å². The first kappa shape index (κ1) is 22.6. The average Bonchev–Trinajstić information content (AvgIpc) is 3.34. The lowest BCUT2D eigenvalue weighted by Crippen LogP contribution is -2.37. The van der Waals surface area contributed by atoms with Crippen LogP contribution in [0.2, 0.25) is 10.0 Å². The highest BCUT2D eigenvalue weighted by atomic mass is 35.5. The number of ether oxygens (including phenoxy) is 1. The molecule has 2 aliphatic heterocycles. The second-order valence-corrected chi connectivity index (χ2v) is 9.82. The Balaban J connectivity index is 1.31. The molecular formula is C20H21Cl2N5O2S2. The maximum atomic E-state index is 12.3. The van der Waals surface area contributed by atoms with Gasteiger partial charge in [0.15, 0.2) is 10.3 Å². The van der Waals surface area contributed by atoms with Gasteiger partial charge in [0.25, 0.3) is 5.91 Å². The van der Waals surface area contributed by atoms with Gasteiger partial charge >= 0.3 is 0 Å². The molecule has 0 saturated carbocycles. The fraction of sp³-hybridized carbons (Fsp3) is 0.350. The molecule has 2 aliphatic rings. The van der Waals surface area contributed by atoms with Gasteiger partial charge in [-0.2, -0.15) is 0 Å². The van der Waals surface area contributed by atoms with Crippen LogP contribution in [0.5, 0.6) is 0 Å². The van der Waals surface area contributed by atoms with Crippen molar-refractivity contribution in [2.24, 2.45) is 4.99 Å². The number of morpholine rings is 1. The summed E-state index contributed by atoms with van der Waals surface area (Å²) in [5, 5.41) is 8.41. The molecule has 4 rings (SSSR count). The van der Waals surface area contributed by atoms with Gasteiger partial charge in [-0.05, 0) is 49.0 Å². The number of halogens is 2. The van der Waals surface area contributed by atoms with Gasteiger partial charge < -0.3 is 15.4 Å². The molecule has 1 amide bonds. The van der Waals surface area contributed by atoms with Crippen molar-refractivity contribution in [2.45, 2.75) is 6.42 Å². The van der Waals surface area contributed by atoms with Crippen LogP contribution >= 0.6 is 46.3 Å². The third-order valence-electron chi connectivity index (χ3n) is 4.61. The molecule has 0 radical (unpaired) electrons. The largest absolute Gasteiger partial charge is 0.379 e. The zero-order valence-corrected chi connectivity index (χ0v) is 19.7. The molecule has 11 heteroatoms. The predicted molar refractivity (Wildman–Crippen MR) is 130 cm³/mol. The molecule has 2 aromatic rings. The first-order chi connectivity index (χ1) is 15.1. The Labute approximate surface area is 198 Å². The highest BCUT2D eigenvalue weighted by Gasteiger charge is 2.24. The minimum absolute atomic E-state index is 0.192. The number of carbonyl (C=O) groups is 1. The number of hydrogen-bond acceptors (Lipinski definition) is 8. The molecular weight excluding hydrogens is 477 g/mol. The zero-order chi connectivity index (χ0) is 21.6. The molecule has 0 bridgehead atoms. The molecule has 0 spiro atoms. The Kier molecular flexibility index (Phi) is 7.86. The first-order valence-corrected chi connectivity index (χ1v) is 12.2. The van der Waals surface area contributed by atoms with Crippen molar-refractivity contribution in [2.75, 3.05) is 44.7 Å². The van der Waals surface area contributed by atoms with Crippen LogP contribution in [0.25, 0.3) is 6.08 Å². The number of nitrogens with zero attached hydrogens (tertiary/aromatic N) is 3. The van der Waals surface area contributed by atoms with Gasteiger partial charge in [-0.25, -0.2) is 9.98 Å². The van der Waals surface area contributed by atoms with E-state index in [0.717, 1.165) is 55.8 Å². The van der Waals surface area contributed by atoms with Crippen molar-refractivity contribution in [3.05, 3.63) is 44.2 Å². The molecule has 1 aromatic carbocycles. The summed E-state index contributed by atoms with van der Waals surface area (Å²) in [6, 6.07) is 5.04. The van der Waals surface area contributed by atoms with Crippen molar-refractivity contribution in [1.82, 2.24) is 15.2 Å². The van der Waals surface area contributed by atoms with Crippen LogP contribution in [0, 0.1) is 0 Å². The molecule has 2 saturated heterocycles. The van der Waals surface area contributed by atoms with Crippen LogP contribution in [-0.2, 0) is 9.53 Å². The number of anilines is 1. The van der Waals surface area contributed by atoms with E-state index in [1.165, 1.54) is 23.1 Å². The molecule has 2 fully saturated rings. The van der Waals surface area contributed by atoms with E-state index in [4.69, 9.17) is 27.9 Å². The van der Waals surface area contributed by atoms with E-state index in [1.807, 2.05) is 6.08 Å². The summed E-state index contributed by atoms with van der Waals surface area (Å²) in [4.78, 5) is 25.0. The number of aliphatic imine (C=N–C) groups is 1. The molecule has 0 aliphatic carbocycles. The SMILES string of the molecule is O=C1NC(=Nc2ccc(Cl)cc2Cl)SC1=Cc1cnc(NCCCN2CCOCC2)s1. The van der Waals surface area contributed by atoms with Crippen LogP contribution in [0.15, 0.2) is 34.3 Å². The number of nitrogens with one attached hydrogen (secondary N) is 2. The number of hydrogen-bond donors (Lipinski definition) is 2. The van der Waals surface area contributed by atoms with Crippen molar-refractivity contribution in [1.29, 1.82) is 0 Å². The molecule has 3 heterocycles. The van der Waals surface area contributed by atoms with E-state index in [2.05, 4.69) is 25.5 Å². The number of carbonyl (C=O) groups excluding carboxylic acids is 1. The fourth-order valence-corrected chi connectivity index (χ4v) is 5.18. The average molecular weight is 498 g/mol. The number of thioether (sulfide) groups is 1. The zero-order valence-electron chi connectivity index (χ0n) is 16.6. The van der Waals surface area contributed by atoms with Crippen LogP contribution in [0.4, 0.5) is 10.8 Å². The van der Waals surface area contributed by atoms with Gasteiger partial charge in [-0.1, -0.05) is 34.5 Å². The predicted octanol–water partition coefficient (Wildman–Crippen LogP) is 4.48. The summed E-state index contributed by atoms with van der Waals surface area (Å²) in [5.41, 5.74) is 0.552. The normalized spacial score (nSPS) is 19.9. The lowest BCUT2D eigenvalue weighted by molar-refractivity contribution is -0.115. The Hall–Kier alpha value is -1.62. The van der Waals surface area contributed by atoms with Crippen molar-refractivity contribution in [3.8, 4) is 0 Å². The first-order valence-electron chi connectivity index (χ1n) is 9.81. The number of thiazole rings is 1. The highest BCUT2D eigenvalue weighted by molar-refractivity contribution is 8.18. The van der Waals surface area contributed by atoms with Crippen LogP contribution < -0.4 is 10.6 Å². The van der Waals surface area contributed by atoms with E-state index in [9.17, 15) is 4.79 Å². The smallest absolute Gasteiger partial charge is 0.264 e. The quantitative estimate of drug-likeness (QED) is 0.433. The molecule has 2 N–H and O–H groups in total. The summed E-state index contributed by atoms with van der Waals surface area (Å²) in [6.07, 6.45) is 4.63. The highest BCUT2D eigenvalue weighted by Crippen LogP contribution is 2.33. The minimum Gasteiger partial charge on any atom is -0.379 e. The lowest BCUT2D eigenvalue weighted by atomic mass is 10.3. The van der Waals surface area contributed by atoms with Gasteiger partial charge in [-0.3, -0.25) is 9.69 Å². The fourth-order valence-electron chi connectivity index (χ4n) is 3.05. The Morgan fingerprint density at radius 2 is 2.16 bits per heavy atom. The lowest BCUT2D eigenvalue weighted by Gasteiger charge is -2.26. The Morgan fingerprint density at radius 1 is 1.32 bits per heavy atom. The minimum atomic E-state index is -0.192. The van der Waals surface area contributed by atoms with E-state index in [-0.39, 0.29) is 5.91 Å². The summed E-state index contributed by atoms with van der Waals surface area (Å²) < 4.78 is 5.37. The summed E-state index contributed by atoms with van der Waals surface area (Å²) >= 11 is 14.9. The van der Waals surface area contributed by atoms with E-state index < -0.39 is 0 Å². The van der Waals surface area contributed by atoms with Gasteiger partial charge in [0, 0.05) is 30.9 Å². The Morgan fingerprint density at radius 3 is 2.97 bits per heavy atom. The van der Waals surface area contributed by atoms with Crippen molar-refractivity contribution in [3.63, 3.8) is 0 Å². The number of rotatable bonds is 7. The summed E-state index contributed by atoms with van der Waals surface area (Å²) in [7, 11) is 0. The van der Waals surface area contributed by atoms with E-state index in [1.54, 1.807) is 24.4 Å². The third kappa shape index (κ3) is 6.44.